The normalized spacial score (nSPS) is 12.9. The van der Waals surface area contributed by atoms with E-state index in [1.807, 2.05) is 13.8 Å². The summed E-state index contributed by atoms with van der Waals surface area (Å²) >= 11 is 0. The number of aliphatic hydroxyl groups is 3. The summed E-state index contributed by atoms with van der Waals surface area (Å²) in [6.45, 7) is 3.99. The molecule has 0 aromatic carbocycles. The van der Waals surface area contributed by atoms with Gasteiger partial charge in [-0.05, 0) is 13.3 Å². The van der Waals surface area contributed by atoms with E-state index in [-0.39, 0.29) is 25.9 Å². The molecule has 1 atom stereocenters. The van der Waals surface area contributed by atoms with E-state index in [9.17, 15) is 0 Å². The number of hydrogen-bond donors (Lipinski definition) is 3. The highest BCUT2D eigenvalue weighted by Crippen LogP contribution is 2.18. The largest absolute Gasteiger partial charge is 0.396 e. The average molecular weight is 238 g/mol. The molecule has 0 bridgehead atoms. The highest BCUT2D eigenvalue weighted by Gasteiger charge is 2.24. The van der Waals surface area contributed by atoms with Gasteiger partial charge in [0.25, 0.3) is 0 Å². The van der Waals surface area contributed by atoms with Crippen molar-refractivity contribution in [2.75, 3.05) is 40.6 Å². The maximum atomic E-state index is 8.66. The molecule has 100 valence electrons. The molecule has 0 aromatic rings. The topological polar surface area (TPSA) is 79.2 Å². The molecule has 5 nitrogen and oxygen atoms in total. The van der Waals surface area contributed by atoms with Gasteiger partial charge in [-0.15, -0.1) is 0 Å². The monoisotopic (exact) mass is 238 g/mol. The Labute approximate surface area is 98.0 Å². The SMILES string of the molecule is CCC(CO)(CO)CO.COCC(C)OC. The lowest BCUT2D eigenvalue weighted by Gasteiger charge is -2.24. The summed E-state index contributed by atoms with van der Waals surface area (Å²) in [4.78, 5) is 0. The molecule has 0 aromatic heterocycles. The minimum Gasteiger partial charge on any atom is -0.396 e. The van der Waals surface area contributed by atoms with E-state index in [4.69, 9.17) is 24.8 Å². The van der Waals surface area contributed by atoms with Crippen LogP contribution in [0.1, 0.15) is 20.3 Å². The maximum Gasteiger partial charge on any atom is 0.0776 e. The molecule has 5 heteroatoms. The van der Waals surface area contributed by atoms with Crippen molar-refractivity contribution in [1.29, 1.82) is 0 Å². The summed E-state index contributed by atoms with van der Waals surface area (Å²) in [5, 5.41) is 26.0. The van der Waals surface area contributed by atoms with Gasteiger partial charge in [-0.25, -0.2) is 0 Å². The second-order valence-electron chi connectivity index (χ2n) is 3.83. The van der Waals surface area contributed by atoms with E-state index in [1.165, 1.54) is 0 Å². The molecule has 0 aliphatic rings. The summed E-state index contributed by atoms with van der Waals surface area (Å²) in [6, 6.07) is 0. The first kappa shape index (κ1) is 18.2. The van der Waals surface area contributed by atoms with Crippen LogP contribution in [0.5, 0.6) is 0 Å². The molecular weight excluding hydrogens is 212 g/mol. The van der Waals surface area contributed by atoms with Crippen molar-refractivity contribution in [1.82, 2.24) is 0 Å². The fourth-order valence-corrected chi connectivity index (χ4v) is 0.788. The van der Waals surface area contributed by atoms with E-state index in [1.54, 1.807) is 14.2 Å². The minimum atomic E-state index is -0.667. The third-order valence-electron chi connectivity index (χ3n) is 2.56. The van der Waals surface area contributed by atoms with Crippen molar-refractivity contribution in [2.24, 2.45) is 5.41 Å². The van der Waals surface area contributed by atoms with Crippen molar-refractivity contribution in [2.45, 2.75) is 26.4 Å². The first-order valence-corrected chi connectivity index (χ1v) is 5.40. The molecule has 0 spiro atoms. The highest BCUT2D eigenvalue weighted by atomic mass is 16.5. The molecule has 1 unspecified atom stereocenters. The van der Waals surface area contributed by atoms with Crippen LogP contribution in [0.25, 0.3) is 0 Å². The maximum absolute atomic E-state index is 8.66. The predicted molar refractivity (Wildman–Crippen MR) is 62.3 cm³/mol. The Morgan fingerprint density at radius 3 is 1.56 bits per heavy atom. The molecule has 16 heavy (non-hydrogen) atoms. The number of ether oxygens (including phenoxy) is 2. The van der Waals surface area contributed by atoms with Gasteiger partial charge in [0.2, 0.25) is 0 Å². The number of methoxy groups -OCH3 is 2. The molecule has 0 saturated carbocycles. The first-order valence-electron chi connectivity index (χ1n) is 5.40. The van der Waals surface area contributed by atoms with Crippen LogP contribution in [0.4, 0.5) is 0 Å². The lowest BCUT2D eigenvalue weighted by Crippen LogP contribution is -2.32. The van der Waals surface area contributed by atoms with Crippen molar-refractivity contribution < 1.29 is 24.8 Å². The predicted octanol–water partition coefficient (Wildman–Crippen LogP) is 0.0274. The fourth-order valence-electron chi connectivity index (χ4n) is 0.788. The second kappa shape index (κ2) is 11.3. The smallest absolute Gasteiger partial charge is 0.0776 e. The van der Waals surface area contributed by atoms with Crippen LogP contribution in [0.2, 0.25) is 0 Å². The Hall–Kier alpha value is -0.200. The van der Waals surface area contributed by atoms with Crippen molar-refractivity contribution >= 4 is 0 Å². The highest BCUT2D eigenvalue weighted by molar-refractivity contribution is 4.74. The van der Waals surface area contributed by atoms with Gasteiger partial charge >= 0.3 is 0 Å². The van der Waals surface area contributed by atoms with E-state index >= 15 is 0 Å². The average Bonchev–Trinajstić information content (AvgIpc) is 2.34. The zero-order valence-electron chi connectivity index (χ0n) is 10.8. The third-order valence-corrected chi connectivity index (χ3v) is 2.56. The van der Waals surface area contributed by atoms with E-state index < -0.39 is 5.41 Å². The van der Waals surface area contributed by atoms with Crippen LogP contribution in [-0.4, -0.2) is 62.1 Å². The molecule has 0 rings (SSSR count). The molecule has 0 heterocycles. The summed E-state index contributed by atoms with van der Waals surface area (Å²) in [5.74, 6) is 0. The van der Waals surface area contributed by atoms with E-state index in [0.717, 1.165) is 0 Å². The molecular formula is C11H26O5. The zero-order valence-corrected chi connectivity index (χ0v) is 10.8. The number of hydrogen-bond acceptors (Lipinski definition) is 5. The molecule has 0 fully saturated rings. The van der Waals surface area contributed by atoms with Crippen LogP contribution in [-0.2, 0) is 9.47 Å². The van der Waals surface area contributed by atoms with Gasteiger partial charge in [-0.1, -0.05) is 6.92 Å². The quantitative estimate of drug-likeness (QED) is 0.583. The van der Waals surface area contributed by atoms with Gasteiger partial charge in [-0.2, -0.15) is 0 Å². The van der Waals surface area contributed by atoms with Crippen LogP contribution in [0.3, 0.4) is 0 Å². The van der Waals surface area contributed by atoms with E-state index in [2.05, 4.69) is 0 Å². The van der Waals surface area contributed by atoms with Gasteiger partial charge in [0.05, 0.1) is 32.5 Å². The van der Waals surface area contributed by atoms with Crippen LogP contribution >= 0.6 is 0 Å². The Morgan fingerprint density at radius 1 is 1.06 bits per heavy atom. The van der Waals surface area contributed by atoms with Gasteiger partial charge in [0, 0.05) is 19.6 Å². The first-order chi connectivity index (χ1) is 7.55. The minimum absolute atomic E-state index is 0.156. The number of aliphatic hydroxyl groups excluding tert-OH is 3. The molecule has 0 radical (unpaired) electrons. The molecule has 0 saturated heterocycles. The van der Waals surface area contributed by atoms with Gasteiger partial charge in [0.15, 0.2) is 0 Å². The Morgan fingerprint density at radius 2 is 1.50 bits per heavy atom. The zero-order chi connectivity index (χ0) is 13.0. The summed E-state index contributed by atoms with van der Waals surface area (Å²) in [5.41, 5.74) is -0.667. The standard InChI is InChI=1S/C6H14O3.C5H12O2/c1-2-6(3-7,4-8)5-9;1-5(7-3)4-6-2/h7-9H,2-5H2,1H3;5H,4H2,1-3H3. The van der Waals surface area contributed by atoms with Crippen LogP contribution in [0, 0.1) is 5.41 Å². The molecule has 0 aliphatic carbocycles. The Bertz CT molecular complexity index is 119. The van der Waals surface area contributed by atoms with E-state index in [0.29, 0.717) is 13.0 Å². The molecule has 3 N–H and O–H groups in total. The summed E-state index contributed by atoms with van der Waals surface area (Å²) in [7, 11) is 3.33. The van der Waals surface area contributed by atoms with Gasteiger partial charge in [0.1, 0.15) is 0 Å². The second-order valence-corrected chi connectivity index (χ2v) is 3.83. The number of rotatable bonds is 7. The van der Waals surface area contributed by atoms with Gasteiger partial charge in [-0.3, -0.25) is 0 Å². The van der Waals surface area contributed by atoms with Crippen LogP contribution < -0.4 is 0 Å². The Balaban J connectivity index is 0. The van der Waals surface area contributed by atoms with Crippen molar-refractivity contribution in [3.8, 4) is 0 Å². The Kier molecular flexibility index (Phi) is 12.8. The van der Waals surface area contributed by atoms with Crippen molar-refractivity contribution in [3.63, 3.8) is 0 Å². The fraction of sp³-hybridized carbons (Fsp3) is 1.00. The lowest BCUT2D eigenvalue weighted by atomic mass is 9.88. The van der Waals surface area contributed by atoms with Crippen LogP contribution in [0.15, 0.2) is 0 Å². The van der Waals surface area contributed by atoms with Gasteiger partial charge < -0.3 is 24.8 Å². The molecule has 0 aliphatic heterocycles. The summed E-state index contributed by atoms with van der Waals surface area (Å²) in [6.07, 6.45) is 0.821. The van der Waals surface area contributed by atoms with Crippen molar-refractivity contribution in [3.05, 3.63) is 0 Å². The summed E-state index contributed by atoms with van der Waals surface area (Å²) < 4.78 is 9.64. The lowest BCUT2D eigenvalue weighted by molar-refractivity contribution is 0.00304. The third kappa shape index (κ3) is 8.01. The molecule has 0 amide bonds.